The lowest BCUT2D eigenvalue weighted by molar-refractivity contribution is 0.158. The summed E-state index contributed by atoms with van der Waals surface area (Å²) in [5, 5.41) is 5.11. The van der Waals surface area contributed by atoms with Crippen molar-refractivity contribution in [2.24, 2.45) is 22.2 Å². The molecule has 3 aliphatic rings. The molecule has 2 nitrogen and oxygen atoms in total. The first-order chi connectivity index (χ1) is 36.8. The van der Waals surface area contributed by atoms with Crippen LogP contribution in [0.2, 0.25) is 0 Å². The van der Waals surface area contributed by atoms with Crippen molar-refractivity contribution in [3.63, 3.8) is 0 Å². The smallest absolute Gasteiger partial charge is 0.0626 e. The summed E-state index contributed by atoms with van der Waals surface area (Å²) < 4.78 is 2.45. The fourth-order valence-electron chi connectivity index (χ4n) is 12.6. The van der Waals surface area contributed by atoms with Crippen molar-refractivity contribution in [2.75, 3.05) is 4.90 Å². The molecule has 0 aliphatic heterocycles. The molecule has 0 saturated carbocycles. The maximum absolute atomic E-state index is 2.78. The monoisotopic (exact) mass is 987 g/mol. The number of aromatic nitrogens is 1. The van der Waals surface area contributed by atoms with Gasteiger partial charge < -0.3 is 9.47 Å². The molecular formula is C74H70N2. The van der Waals surface area contributed by atoms with Gasteiger partial charge in [0.05, 0.1) is 17.1 Å². The molecule has 0 bridgehead atoms. The summed E-state index contributed by atoms with van der Waals surface area (Å²) >= 11 is 0. The molecule has 4 atom stereocenters. The Hall–Kier alpha value is -7.94. The largest absolute Gasteiger partial charge is 0.336 e. The van der Waals surface area contributed by atoms with Gasteiger partial charge in [0.1, 0.15) is 0 Å². The van der Waals surface area contributed by atoms with E-state index in [0.29, 0.717) is 0 Å². The highest BCUT2D eigenvalue weighted by molar-refractivity contribution is 6.12. The van der Waals surface area contributed by atoms with E-state index in [1.807, 2.05) is 0 Å². The number of nitrogens with zero attached hydrogens (tertiary/aromatic N) is 2. The van der Waals surface area contributed by atoms with Crippen LogP contribution in [0.4, 0.5) is 5.69 Å². The van der Waals surface area contributed by atoms with E-state index in [0.717, 1.165) is 12.8 Å². The fourth-order valence-corrected chi connectivity index (χ4v) is 12.6. The summed E-state index contributed by atoms with van der Waals surface area (Å²) in [4.78, 5) is 2.78. The van der Waals surface area contributed by atoms with E-state index in [1.54, 1.807) is 0 Å². The van der Waals surface area contributed by atoms with E-state index < -0.39 is 0 Å². The standard InChI is InChI=1S/C74H70N2/c1-50-25-21-36-59(53-45-43-52(44-46-53)51-26-11-9-12-27-51)71(50)76(66-40-19-16-33-61(66)63-38-24-42-68-70(63)64-34-17-20-41-67(64)75(68)57-30-13-10-14-31-57)65-39-18-15-32-60(65)62-37-23-29-54-28-22-35-58(69(54)62)55-47-56(72(2,3)4)49-74(8,48-55)73(5,6)7/h9-24,26-48,50,61,66H,25,49H2,1-8H3. The molecule has 8 aromatic carbocycles. The average molecular weight is 987 g/mol. The minimum atomic E-state index is -0.0848. The minimum Gasteiger partial charge on any atom is -0.336 e. The molecule has 0 radical (unpaired) electrons. The summed E-state index contributed by atoms with van der Waals surface area (Å²) in [6.45, 7) is 19.3. The Morgan fingerprint density at radius 2 is 1.18 bits per heavy atom. The third-order valence-electron chi connectivity index (χ3n) is 17.3. The number of hydrogen-bond acceptors (Lipinski definition) is 1. The average Bonchev–Trinajstić information content (AvgIpc) is 3.80. The predicted octanol–water partition coefficient (Wildman–Crippen LogP) is 20.2. The van der Waals surface area contributed by atoms with E-state index in [1.165, 1.54) is 105 Å². The van der Waals surface area contributed by atoms with Gasteiger partial charge in [0.25, 0.3) is 0 Å². The second-order valence-electron chi connectivity index (χ2n) is 24.0. The topological polar surface area (TPSA) is 8.17 Å². The molecule has 1 aromatic heterocycles. The van der Waals surface area contributed by atoms with Gasteiger partial charge in [-0.2, -0.15) is 0 Å². The zero-order valence-electron chi connectivity index (χ0n) is 45.6. The second-order valence-corrected chi connectivity index (χ2v) is 24.0. The molecule has 9 aromatic rings. The molecular weight excluding hydrogens is 917 g/mol. The van der Waals surface area contributed by atoms with Gasteiger partial charge in [-0.3, -0.25) is 0 Å². The SMILES string of the molecule is CC1CC=CC(c2ccc(-c3ccccc3)cc2)=C1N(c1ccccc1-c1cccc2cccc(C3=CC(C)(C(C)(C)C)CC(C(C)(C)C)=C3)c12)C1C=CC=CC1c1cccc2c1c1ccccc1n2-c1ccccc1. The van der Waals surface area contributed by atoms with Crippen molar-refractivity contribution in [1.29, 1.82) is 0 Å². The number of rotatable bonds is 9. The molecule has 3 aliphatic carbocycles. The number of hydrogen-bond donors (Lipinski definition) is 0. The van der Waals surface area contributed by atoms with Gasteiger partial charge in [-0.1, -0.05) is 267 Å². The van der Waals surface area contributed by atoms with Gasteiger partial charge in [-0.25, -0.2) is 0 Å². The Balaban J connectivity index is 1.12. The predicted molar refractivity (Wildman–Crippen MR) is 327 cm³/mol. The number of benzene rings is 8. The van der Waals surface area contributed by atoms with Crippen molar-refractivity contribution in [3.8, 4) is 27.9 Å². The first-order valence-electron chi connectivity index (χ1n) is 27.6. The van der Waals surface area contributed by atoms with Crippen LogP contribution >= 0.6 is 0 Å². The number of fused-ring (bicyclic) bond motifs is 4. The van der Waals surface area contributed by atoms with Crippen LogP contribution in [0.15, 0.2) is 248 Å². The van der Waals surface area contributed by atoms with Crippen molar-refractivity contribution in [1.82, 2.24) is 4.57 Å². The van der Waals surface area contributed by atoms with E-state index >= 15 is 0 Å². The maximum Gasteiger partial charge on any atom is 0.0626 e. The molecule has 0 amide bonds. The highest BCUT2D eigenvalue weighted by atomic mass is 15.2. The van der Waals surface area contributed by atoms with Crippen LogP contribution in [-0.4, -0.2) is 10.6 Å². The summed E-state index contributed by atoms with van der Waals surface area (Å²) in [6.07, 6.45) is 21.5. The normalized spacial score (nSPS) is 19.9. The van der Waals surface area contributed by atoms with Gasteiger partial charge in [0, 0.05) is 50.8 Å². The van der Waals surface area contributed by atoms with Gasteiger partial charge in [0.15, 0.2) is 0 Å². The quantitative estimate of drug-likeness (QED) is 0.140. The number of allylic oxidation sites excluding steroid dienone is 10. The van der Waals surface area contributed by atoms with Crippen molar-refractivity contribution in [2.45, 2.75) is 80.2 Å². The van der Waals surface area contributed by atoms with E-state index in [2.05, 4.69) is 302 Å². The van der Waals surface area contributed by atoms with E-state index in [9.17, 15) is 0 Å². The third-order valence-corrected chi connectivity index (χ3v) is 17.3. The maximum atomic E-state index is 2.78. The molecule has 12 rings (SSSR count). The highest BCUT2D eigenvalue weighted by Crippen LogP contribution is 2.54. The van der Waals surface area contributed by atoms with Gasteiger partial charge in [0.2, 0.25) is 0 Å². The summed E-state index contributed by atoms with van der Waals surface area (Å²) in [5.74, 6) is 0.208. The van der Waals surface area contributed by atoms with Gasteiger partial charge >= 0.3 is 0 Å². The molecule has 76 heavy (non-hydrogen) atoms. The minimum absolute atomic E-state index is 0.00407. The van der Waals surface area contributed by atoms with Crippen LogP contribution in [-0.2, 0) is 0 Å². The zero-order valence-corrected chi connectivity index (χ0v) is 45.6. The zero-order chi connectivity index (χ0) is 52.3. The Morgan fingerprint density at radius 1 is 0.566 bits per heavy atom. The van der Waals surface area contributed by atoms with Crippen LogP contribution < -0.4 is 4.90 Å². The van der Waals surface area contributed by atoms with Crippen LogP contribution in [0.1, 0.15) is 90.8 Å². The molecule has 0 fully saturated rings. The van der Waals surface area contributed by atoms with Crippen LogP contribution in [0.5, 0.6) is 0 Å². The van der Waals surface area contributed by atoms with Gasteiger partial charge in [-0.15, -0.1) is 0 Å². The summed E-state index contributed by atoms with van der Waals surface area (Å²) in [7, 11) is 0. The summed E-state index contributed by atoms with van der Waals surface area (Å²) in [6, 6.07) is 70.0. The number of anilines is 1. The van der Waals surface area contributed by atoms with E-state index in [4.69, 9.17) is 0 Å². The van der Waals surface area contributed by atoms with Crippen LogP contribution in [0, 0.1) is 22.2 Å². The van der Waals surface area contributed by atoms with E-state index in [-0.39, 0.29) is 34.1 Å². The van der Waals surface area contributed by atoms with Crippen molar-refractivity contribution < 1.29 is 0 Å². The molecule has 376 valence electrons. The number of para-hydroxylation sites is 3. The Morgan fingerprint density at radius 3 is 1.93 bits per heavy atom. The second kappa shape index (κ2) is 19.3. The van der Waals surface area contributed by atoms with Crippen molar-refractivity contribution >= 4 is 49.4 Å². The molecule has 0 spiro atoms. The lowest BCUT2D eigenvalue weighted by Gasteiger charge is -2.45. The highest BCUT2D eigenvalue weighted by Gasteiger charge is 2.41. The Labute approximate surface area is 451 Å². The third kappa shape index (κ3) is 8.62. The summed E-state index contributed by atoms with van der Waals surface area (Å²) in [5.41, 5.74) is 19.0. The van der Waals surface area contributed by atoms with Crippen LogP contribution in [0.25, 0.3) is 71.7 Å². The first kappa shape index (κ1) is 49.0. The van der Waals surface area contributed by atoms with Crippen molar-refractivity contribution in [3.05, 3.63) is 265 Å². The molecule has 0 saturated heterocycles. The molecule has 2 heteroatoms. The lowest BCUT2D eigenvalue weighted by atomic mass is 9.59. The lowest BCUT2D eigenvalue weighted by Crippen LogP contribution is -2.41. The Bertz CT molecular complexity index is 3850. The van der Waals surface area contributed by atoms with Crippen LogP contribution in [0.3, 0.4) is 0 Å². The fraction of sp³-hybridized carbons (Fsp3) is 0.216. The molecule has 1 heterocycles. The van der Waals surface area contributed by atoms with Gasteiger partial charge in [-0.05, 0) is 109 Å². The first-order valence-corrected chi connectivity index (χ1v) is 27.6. The molecule has 0 N–H and O–H groups in total. The molecule has 4 unspecified atom stereocenters. The Kier molecular flexibility index (Phi) is 12.5.